The molecule has 0 atom stereocenters. The lowest BCUT2D eigenvalue weighted by Gasteiger charge is -2.36. The molecule has 3 heterocycles. The molecule has 1 aliphatic rings. The van der Waals surface area contributed by atoms with Crippen LogP contribution in [0.25, 0.3) is 0 Å². The maximum atomic E-state index is 13.2. The minimum absolute atomic E-state index is 0.0196. The molecule has 0 aliphatic carbocycles. The first-order chi connectivity index (χ1) is 10.8. The van der Waals surface area contributed by atoms with E-state index in [1.165, 1.54) is 17.5 Å². The van der Waals surface area contributed by atoms with Crippen LogP contribution in [-0.4, -0.2) is 41.4 Å². The lowest BCUT2D eigenvalue weighted by molar-refractivity contribution is -0.137. The van der Waals surface area contributed by atoms with Crippen molar-refractivity contribution in [2.45, 2.75) is 13.1 Å². The molecule has 5 nitrogen and oxygen atoms in total. The highest BCUT2D eigenvalue weighted by Crippen LogP contribution is 2.37. The van der Waals surface area contributed by atoms with E-state index in [1.54, 1.807) is 4.90 Å². The van der Waals surface area contributed by atoms with Crippen molar-refractivity contribution in [1.29, 1.82) is 0 Å². The van der Waals surface area contributed by atoms with Crippen molar-refractivity contribution in [2.24, 2.45) is 0 Å². The molecule has 1 fully saturated rings. The molecule has 0 radical (unpaired) electrons. The summed E-state index contributed by atoms with van der Waals surface area (Å²) in [4.78, 5) is 7.69. The second-order valence-corrected chi connectivity index (χ2v) is 7.18. The molecule has 0 saturated carbocycles. The molecule has 1 aliphatic heterocycles. The smallest absolute Gasteiger partial charge is 0.353 e. The van der Waals surface area contributed by atoms with Crippen molar-refractivity contribution in [3.05, 3.63) is 27.3 Å². The van der Waals surface area contributed by atoms with Crippen LogP contribution in [0.4, 0.5) is 24.1 Å². The fourth-order valence-electron chi connectivity index (χ4n) is 2.42. The van der Waals surface area contributed by atoms with Crippen molar-refractivity contribution in [2.75, 3.05) is 36.0 Å². The molecule has 0 unspecified atom stereocenters. The summed E-state index contributed by atoms with van der Waals surface area (Å²) in [6.45, 7) is 3.96. The van der Waals surface area contributed by atoms with Crippen LogP contribution >= 0.6 is 27.3 Å². The zero-order valence-corrected chi connectivity index (χ0v) is 14.5. The zero-order valence-electron chi connectivity index (χ0n) is 12.1. The maximum Gasteiger partial charge on any atom is 0.419 e. The van der Waals surface area contributed by atoms with Gasteiger partial charge in [0.15, 0.2) is 0 Å². The van der Waals surface area contributed by atoms with Gasteiger partial charge in [-0.25, -0.2) is 4.98 Å². The molecule has 2 aromatic heterocycles. The van der Waals surface area contributed by atoms with E-state index in [0.29, 0.717) is 30.7 Å². The Hall–Kier alpha value is -1.42. The number of halogens is 4. The zero-order chi connectivity index (χ0) is 16.6. The molecule has 2 aromatic rings. The van der Waals surface area contributed by atoms with Gasteiger partial charge < -0.3 is 9.80 Å². The Kier molecular flexibility index (Phi) is 4.45. The van der Waals surface area contributed by atoms with Gasteiger partial charge in [0.1, 0.15) is 10.8 Å². The van der Waals surface area contributed by atoms with Crippen LogP contribution in [0.2, 0.25) is 0 Å². The Balaban J connectivity index is 1.78. The second-order valence-electron chi connectivity index (χ2n) is 5.10. The van der Waals surface area contributed by atoms with E-state index in [2.05, 4.69) is 31.1 Å². The Morgan fingerprint density at radius 1 is 1.13 bits per heavy atom. The van der Waals surface area contributed by atoms with Crippen LogP contribution in [0, 0.1) is 6.92 Å². The molecule has 3 rings (SSSR count). The molecule has 23 heavy (non-hydrogen) atoms. The molecular weight excluding hydrogens is 395 g/mol. The fraction of sp³-hybridized carbons (Fsp3) is 0.462. The number of aromatic nitrogens is 3. The van der Waals surface area contributed by atoms with Crippen LogP contribution in [0.15, 0.2) is 16.7 Å². The van der Waals surface area contributed by atoms with Crippen LogP contribution in [0.1, 0.15) is 10.6 Å². The highest BCUT2D eigenvalue weighted by molar-refractivity contribution is 9.10. The van der Waals surface area contributed by atoms with Gasteiger partial charge in [-0.05, 0) is 28.9 Å². The maximum absolute atomic E-state index is 13.2. The number of hydrogen-bond donors (Lipinski definition) is 0. The Morgan fingerprint density at radius 3 is 2.35 bits per heavy atom. The number of anilines is 2. The third kappa shape index (κ3) is 3.57. The molecule has 10 heteroatoms. The Bertz CT molecular complexity index is 697. The second kappa shape index (κ2) is 6.23. The standard InChI is InChI=1S/C13H13BrF3N5S/c1-8-19-20-12(23-8)22-4-2-21(3-5-22)11-10(13(15,16)17)6-9(14)7-18-11/h6-7H,2-5H2,1H3. The molecule has 0 bridgehead atoms. The summed E-state index contributed by atoms with van der Waals surface area (Å²) < 4.78 is 40.0. The first-order valence-electron chi connectivity index (χ1n) is 6.87. The van der Waals surface area contributed by atoms with Gasteiger partial charge in [0, 0.05) is 36.8 Å². The van der Waals surface area contributed by atoms with Gasteiger partial charge in [0.05, 0.1) is 5.56 Å². The van der Waals surface area contributed by atoms with Crippen molar-refractivity contribution >= 4 is 38.2 Å². The number of nitrogens with zero attached hydrogens (tertiary/aromatic N) is 5. The summed E-state index contributed by atoms with van der Waals surface area (Å²) >= 11 is 4.54. The van der Waals surface area contributed by atoms with E-state index in [-0.39, 0.29) is 5.82 Å². The molecule has 124 valence electrons. The van der Waals surface area contributed by atoms with Crippen molar-refractivity contribution in [3.63, 3.8) is 0 Å². The van der Waals surface area contributed by atoms with Crippen molar-refractivity contribution < 1.29 is 13.2 Å². The number of hydrogen-bond acceptors (Lipinski definition) is 6. The number of rotatable bonds is 2. The van der Waals surface area contributed by atoms with Crippen LogP contribution in [0.5, 0.6) is 0 Å². The monoisotopic (exact) mass is 407 g/mol. The van der Waals surface area contributed by atoms with Gasteiger partial charge in [-0.1, -0.05) is 11.3 Å². The summed E-state index contributed by atoms with van der Waals surface area (Å²) in [7, 11) is 0. The van der Waals surface area contributed by atoms with Crippen molar-refractivity contribution in [1.82, 2.24) is 15.2 Å². The van der Waals surface area contributed by atoms with Gasteiger partial charge in [0.2, 0.25) is 5.13 Å². The first-order valence-corrected chi connectivity index (χ1v) is 8.48. The molecule has 0 N–H and O–H groups in total. The Morgan fingerprint density at radius 2 is 1.78 bits per heavy atom. The van der Waals surface area contributed by atoms with Crippen LogP contribution < -0.4 is 9.80 Å². The average Bonchev–Trinajstić information content (AvgIpc) is 2.93. The number of alkyl halides is 3. The molecule has 0 amide bonds. The van der Waals surface area contributed by atoms with Crippen LogP contribution in [-0.2, 0) is 6.18 Å². The third-order valence-corrected chi connectivity index (χ3v) is 4.84. The molecule has 1 saturated heterocycles. The molecule has 0 aromatic carbocycles. The van der Waals surface area contributed by atoms with Gasteiger partial charge in [0.25, 0.3) is 0 Å². The highest BCUT2D eigenvalue weighted by atomic mass is 79.9. The topological polar surface area (TPSA) is 45.2 Å². The summed E-state index contributed by atoms with van der Waals surface area (Å²) in [6.07, 6.45) is -3.04. The molecular formula is C13H13BrF3N5S. The van der Waals surface area contributed by atoms with Gasteiger partial charge in [-0.15, -0.1) is 10.2 Å². The van der Waals surface area contributed by atoms with E-state index in [1.807, 2.05) is 11.8 Å². The first kappa shape index (κ1) is 16.4. The largest absolute Gasteiger partial charge is 0.419 e. The predicted molar refractivity (Wildman–Crippen MR) is 86.0 cm³/mol. The van der Waals surface area contributed by atoms with Gasteiger partial charge in [-0.2, -0.15) is 13.2 Å². The van der Waals surface area contributed by atoms with E-state index in [4.69, 9.17) is 0 Å². The van der Waals surface area contributed by atoms with Crippen LogP contribution in [0.3, 0.4) is 0 Å². The lowest BCUT2D eigenvalue weighted by atomic mass is 10.2. The molecule has 0 spiro atoms. The van der Waals surface area contributed by atoms with E-state index >= 15 is 0 Å². The fourth-order valence-corrected chi connectivity index (χ4v) is 3.49. The summed E-state index contributed by atoms with van der Waals surface area (Å²) in [5.41, 5.74) is -0.716. The average molecular weight is 408 g/mol. The van der Waals surface area contributed by atoms with E-state index < -0.39 is 11.7 Å². The Labute approximate surface area is 143 Å². The summed E-state index contributed by atoms with van der Waals surface area (Å²) in [5, 5.41) is 9.73. The number of pyridine rings is 1. The normalized spacial score (nSPS) is 16.0. The van der Waals surface area contributed by atoms with Gasteiger partial charge >= 0.3 is 6.18 Å². The van der Waals surface area contributed by atoms with E-state index in [9.17, 15) is 13.2 Å². The third-order valence-electron chi connectivity index (χ3n) is 3.50. The predicted octanol–water partition coefficient (Wildman–Crippen LogP) is 3.35. The summed E-state index contributed by atoms with van der Waals surface area (Å²) in [5.74, 6) is -0.0196. The quantitative estimate of drug-likeness (QED) is 0.763. The minimum atomic E-state index is -4.43. The number of aryl methyl sites for hydroxylation is 1. The van der Waals surface area contributed by atoms with Gasteiger partial charge in [-0.3, -0.25) is 0 Å². The van der Waals surface area contributed by atoms with E-state index in [0.717, 1.165) is 16.2 Å². The summed E-state index contributed by atoms with van der Waals surface area (Å²) in [6, 6.07) is 1.07. The lowest BCUT2D eigenvalue weighted by Crippen LogP contribution is -2.47. The minimum Gasteiger partial charge on any atom is -0.353 e. The SMILES string of the molecule is Cc1nnc(N2CCN(c3ncc(Br)cc3C(F)(F)F)CC2)s1. The van der Waals surface area contributed by atoms with Crippen molar-refractivity contribution in [3.8, 4) is 0 Å². The number of piperazine rings is 1. The highest BCUT2D eigenvalue weighted by Gasteiger charge is 2.37.